The number of rotatable bonds is 4. The zero-order valence-corrected chi connectivity index (χ0v) is 12.7. The third-order valence-electron chi connectivity index (χ3n) is 3.25. The molecule has 1 N–H and O–H groups in total. The number of benzene rings is 2. The fraction of sp³-hybridized carbons (Fsp3) is 0.0526. The Morgan fingerprint density at radius 3 is 2.43 bits per heavy atom. The number of carbonyl (C=O) groups is 1. The van der Waals surface area contributed by atoms with Crippen molar-refractivity contribution in [1.29, 1.82) is 0 Å². The van der Waals surface area contributed by atoms with Crippen molar-refractivity contribution >= 4 is 11.6 Å². The zero-order valence-electron chi connectivity index (χ0n) is 12.7. The van der Waals surface area contributed by atoms with Crippen LogP contribution in [-0.2, 0) is 0 Å². The molecule has 0 aliphatic heterocycles. The molecule has 0 aliphatic rings. The molecule has 0 atom stereocenters. The lowest BCUT2D eigenvalue weighted by Gasteiger charge is -2.08. The molecule has 1 amide bonds. The Balaban J connectivity index is 1.74. The second kappa shape index (κ2) is 6.75. The Kier molecular flexibility index (Phi) is 4.34. The van der Waals surface area contributed by atoms with Crippen LogP contribution >= 0.6 is 0 Å². The number of amides is 1. The van der Waals surface area contributed by atoms with Crippen LogP contribution in [0.3, 0.4) is 0 Å². The van der Waals surface area contributed by atoms with Crippen LogP contribution in [0.25, 0.3) is 0 Å². The number of aryl methyl sites for hydroxylation is 1. The fourth-order valence-electron chi connectivity index (χ4n) is 2.06. The van der Waals surface area contributed by atoms with Crippen LogP contribution < -0.4 is 10.1 Å². The van der Waals surface area contributed by atoms with Gasteiger partial charge in [0.2, 0.25) is 0 Å². The SMILES string of the molecule is Cc1ccc(Oc2ccnc(C(=O)Nc3ccccc3)c2)cc1. The zero-order chi connectivity index (χ0) is 16.1. The van der Waals surface area contributed by atoms with Crippen molar-refractivity contribution in [2.45, 2.75) is 6.92 Å². The summed E-state index contributed by atoms with van der Waals surface area (Å²) in [7, 11) is 0. The molecule has 4 nitrogen and oxygen atoms in total. The van der Waals surface area contributed by atoms with E-state index in [-0.39, 0.29) is 5.91 Å². The number of nitrogens with one attached hydrogen (secondary N) is 1. The molecule has 2 aromatic carbocycles. The first kappa shape index (κ1) is 14.8. The number of pyridine rings is 1. The number of carbonyl (C=O) groups excluding carboxylic acids is 1. The van der Waals surface area contributed by atoms with Gasteiger partial charge in [0.05, 0.1) is 0 Å². The maximum Gasteiger partial charge on any atom is 0.274 e. The third kappa shape index (κ3) is 3.95. The van der Waals surface area contributed by atoms with Gasteiger partial charge in [0, 0.05) is 18.0 Å². The van der Waals surface area contributed by atoms with Gasteiger partial charge in [-0.25, -0.2) is 0 Å². The highest BCUT2D eigenvalue weighted by atomic mass is 16.5. The number of ether oxygens (including phenoxy) is 1. The second-order valence-corrected chi connectivity index (χ2v) is 5.11. The molecule has 3 aromatic rings. The van der Waals surface area contributed by atoms with Crippen molar-refractivity contribution in [3.63, 3.8) is 0 Å². The average Bonchev–Trinajstić information content (AvgIpc) is 2.58. The van der Waals surface area contributed by atoms with Crippen molar-refractivity contribution in [3.8, 4) is 11.5 Å². The van der Waals surface area contributed by atoms with Crippen LogP contribution in [0.5, 0.6) is 11.5 Å². The van der Waals surface area contributed by atoms with E-state index in [1.165, 1.54) is 0 Å². The van der Waals surface area contributed by atoms with Gasteiger partial charge in [0.15, 0.2) is 0 Å². The molecule has 0 fully saturated rings. The number of hydrogen-bond acceptors (Lipinski definition) is 3. The standard InChI is InChI=1S/C19H16N2O2/c1-14-7-9-16(10-8-14)23-17-11-12-20-18(13-17)19(22)21-15-5-3-2-4-6-15/h2-13H,1H3,(H,21,22). The van der Waals surface area contributed by atoms with E-state index in [4.69, 9.17) is 4.74 Å². The van der Waals surface area contributed by atoms with Crippen molar-refractivity contribution in [1.82, 2.24) is 4.98 Å². The van der Waals surface area contributed by atoms with Gasteiger partial charge < -0.3 is 10.1 Å². The van der Waals surface area contributed by atoms with Crippen LogP contribution in [0.2, 0.25) is 0 Å². The lowest BCUT2D eigenvalue weighted by Crippen LogP contribution is -2.13. The highest BCUT2D eigenvalue weighted by Gasteiger charge is 2.09. The van der Waals surface area contributed by atoms with Crippen LogP contribution in [0.4, 0.5) is 5.69 Å². The molecule has 0 spiro atoms. The van der Waals surface area contributed by atoms with E-state index in [0.717, 1.165) is 17.0 Å². The number of para-hydroxylation sites is 1. The lowest BCUT2D eigenvalue weighted by atomic mass is 10.2. The minimum Gasteiger partial charge on any atom is -0.457 e. The molecule has 0 radical (unpaired) electrons. The van der Waals surface area contributed by atoms with Crippen molar-refractivity contribution < 1.29 is 9.53 Å². The van der Waals surface area contributed by atoms with Crippen LogP contribution in [0.15, 0.2) is 72.9 Å². The van der Waals surface area contributed by atoms with E-state index < -0.39 is 0 Å². The predicted molar refractivity (Wildman–Crippen MR) is 89.9 cm³/mol. The molecule has 0 bridgehead atoms. The highest BCUT2D eigenvalue weighted by molar-refractivity contribution is 6.03. The molecule has 3 rings (SSSR count). The summed E-state index contributed by atoms with van der Waals surface area (Å²) < 4.78 is 5.75. The first-order valence-electron chi connectivity index (χ1n) is 7.28. The second-order valence-electron chi connectivity index (χ2n) is 5.11. The smallest absolute Gasteiger partial charge is 0.274 e. The quantitative estimate of drug-likeness (QED) is 0.775. The molecule has 1 aromatic heterocycles. The van der Waals surface area contributed by atoms with Gasteiger partial charge in [0.25, 0.3) is 5.91 Å². The first-order valence-corrected chi connectivity index (χ1v) is 7.28. The molecular weight excluding hydrogens is 288 g/mol. The van der Waals surface area contributed by atoms with Crippen LogP contribution in [0.1, 0.15) is 16.1 Å². The number of anilines is 1. The number of aromatic nitrogens is 1. The van der Waals surface area contributed by atoms with Crippen molar-refractivity contribution in [2.75, 3.05) is 5.32 Å². The van der Waals surface area contributed by atoms with E-state index >= 15 is 0 Å². The van der Waals surface area contributed by atoms with Gasteiger partial charge in [-0.1, -0.05) is 35.9 Å². The Bertz CT molecular complexity index is 799. The number of nitrogens with zero attached hydrogens (tertiary/aromatic N) is 1. The first-order chi connectivity index (χ1) is 11.2. The van der Waals surface area contributed by atoms with Gasteiger partial charge in [-0.3, -0.25) is 9.78 Å². The summed E-state index contributed by atoms with van der Waals surface area (Å²) in [6, 6.07) is 20.3. The molecule has 0 saturated heterocycles. The van der Waals surface area contributed by atoms with Gasteiger partial charge in [-0.2, -0.15) is 0 Å². The summed E-state index contributed by atoms with van der Waals surface area (Å²) in [4.78, 5) is 16.3. The minimum absolute atomic E-state index is 0.273. The summed E-state index contributed by atoms with van der Waals surface area (Å²) in [5.74, 6) is 1.02. The predicted octanol–water partition coefficient (Wildman–Crippen LogP) is 4.43. The Morgan fingerprint density at radius 2 is 1.70 bits per heavy atom. The maximum atomic E-state index is 12.2. The molecule has 0 saturated carbocycles. The Morgan fingerprint density at radius 1 is 0.957 bits per heavy atom. The minimum atomic E-state index is -0.273. The molecule has 4 heteroatoms. The summed E-state index contributed by atoms with van der Waals surface area (Å²) in [5, 5.41) is 2.80. The van der Waals surface area contributed by atoms with E-state index in [2.05, 4.69) is 10.3 Å². The fourth-order valence-corrected chi connectivity index (χ4v) is 2.06. The van der Waals surface area contributed by atoms with E-state index in [0.29, 0.717) is 11.4 Å². The van der Waals surface area contributed by atoms with Gasteiger partial charge in [-0.05, 0) is 37.3 Å². The molecule has 0 unspecified atom stereocenters. The molecule has 114 valence electrons. The van der Waals surface area contributed by atoms with Gasteiger partial charge in [0.1, 0.15) is 17.2 Å². The summed E-state index contributed by atoms with van der Waals surface area (Å²) in [6.45, 7) is 2.02. The summed E-state index contributed by atoms with van der Waals surface area (Å²) in [6.07, 6.45) is 1.56. The van der Waals surface area contributed by atoms with E-state index in [1.54, 1.807) is 18.3 Å². The topological polar surface area (TPSA) is 51.2 Å². The normalized spacial score (nSPS) is 10.1. The average molecular weight is 304 g/mol. The van der Waals surface area contributed by atoms with Crippen LogP contribution in [0, 0.1) is 6.92 Å². The lowest BCUT2D eigenvalue weighted by molar-refractivity contribution is 0.102. The third-order valence-corrected chi connectivity index (χ3v) is 3.25. The van der Waals surface area contributed by atoms with Gasteiger partial charge in [-0.15, -0.1) is 0 Å². The largest absolute Gasteiger partial charge is 0.457 e. The summed E-state index contributed by atoms with van der Waals surface area (Å²) >= 11 is 0. The number of hydrogen-bond donors (Lipinski definition) is 1. The van der Waals surface area contributed by atoms with Crippen LogP contribution in [-0.4, -0.2) is 10.9 Å². The summed E-state index contributed by atoms with van der Waals surface area (Å²) in [5.41, 5.74) is 2.19. The maximum absolute atomic E-state index is 12.2. The monoisotopic (exact) mass is 304 g/mol. The molecular formula is C19H16N2O2. The highest BCUT2D eigenvalue weighted by Crippen LogP contribution is 2.22. The molecule has 0 aliphatic carbocycles. The van der Waals surface area contributed by atoms with E-state index in [1.807, 2.05) is 61.5 Å². The van der Waals surface area contributed by atoms with Crippen molar-refractivity contribution in [2.24, 2.45) is 0 Å². The van der Waals surface area contributed by atoms with Gasteiger partial charge >= 0.3 is 0 Å². The van der Waals surface area contributed by atoms with E-state index in [9.17, 15) is 4.79 Å². The Labute approximate surface area is 134 Å². The Hall–Kier alpha value is -3.14. The molecule has 1 heterocycles. The van der Waals surface area contributed by atoms with Crippen molar-refractivity contribution in [3.05, 3.63) is 84.2 Å². The molecule has 23 heavy (non-hydrogen) atoms.